The molecule has 1 nitrogen and oxygen atoms in total. The summed E-state index contributed by atoms with van der Waals surface area (Å²) in [7, 11) is 0. The van der Waals surface area contributed by atoms with Crippen LogP contribution in [0.2, 0.25) is 0 Å². The maximum Gasteiger partial charge on any atom is 0.0172 e. The van der Waals surface area contributed by atoms with E-state index in [1.54, 1.807) is 5.56 Å². The molecule has 1 aromatic carbocycles. The highest BCUT2D eigenvalue weighted by Gasteiger charge is 2.57. The average molecular weight is 201 g/mol. The van der Waals surface area contributed by atoms with E-state index in [1.165, 1.54) is 18.4 Å². The molecule has 0 aliphatic heterocycles. The minimum Gasteiger partial charge on any atom is -0.327 e. The Kier molecular flexibility index (Phi) is 1.79. The van der Waals surface area contributed by atoms with Crippen molar-refractivity contribution in [2.45, 2.75) is 44.6 Å². The first kappa shape index (κ1) is 9.41. The summed E-state index contributed by atoms with van der Waals surface area (Å²) in [6.45, 7) is 4.57. The molecule has 1 aromatic rings. The van der Waals surface area contributed by atoms with Crippen LogP contribution >= 0.6 is 0 Å². The second-order valence-corrected chi connectivity index (χ2v) is 5.73. The highest BCUT2D eigenvalue weighted by atomic mass is 14.8. The quantitative estimate of drug-likeness (QED) is 0.782. The van der Waals surface area contributed by atoms with Crippen LogP contribution in [0, 0.1) is 5.41 Å². The molecule has 0 unspecified atom stereocenters. The standard InChI is InChI=1S/C14H19N/c1-14(2)12(13(14)15)11-6-4-3-5-10(11)9-7-8-9/h3-6,9,12-13H,7-8,15H2,1-2H3/t12-,13-/m1/s1. The summed E-state index contributed by atoms with van der Waals surface area (Å²) in [5.41, 5.74) is 9.57. The van der Waals surface area contributed by atoms with E-state index < -0.39 is 0 Å². The molecule has 80 valence electrons. The smallest absolute Gasteiger partial charge is 0.0172 e. The van der Waals surface area contributed by atoms with Gasteiger partial charge in [0.2, 0.25) is 0 Å². The Morgan fingerprint density at radius 3 is 2.13 bits per heavy atom. The summed E-state index contributed by atoms with van der Waals surface area (Å²) in [5, 5.41) is 0. The van der Waals surface area contributed by atoms with Gasteiger partial charge in [0.25, 0.3) is 0 Å². The van der Waals surface area contributed by atoms with E-state index in [-0.39, 0.29) is 0 Å². The summed E-state index contributed by atoms with van der Waals surface area (Å²) in [4.78, 5) is 0. The first-order valence-corrected chi connectivity index (χ1v) is 5.97. The molecule has 15 heavy (non-hydrogen) atoms. The maximum absolute atomic E-state index is 6.17. The van der Waals surface area contributed by atoms with Crippen LogP contribution in [0.5, 0.6) is 0 Å². The van der Waals surface area contributed by atoms with Crippen molar-refractivity contribution in [1.82, 2.24) is 0 Å². The third kappa shape index (κ3) is 1.33. The van der Waals surface area contributed by atoms with E-state index in [2.05, 4.69) is 38.1 Å². The lowest BCUT2D eigenvalue weighted by molar-refractivity contribution is 0.598. The Bertz CT molecular complexity index is 390. The summed E-state index contributed by atoms with van der Waals surface area (Å²) < 4.78 is 0. The van der Waals surface area contributed by atoms with Gasteiger partial charge in [0.1, 0.15) is 0 Å². The van der Waals surface area contributed by atoms with Crippen LogP contribution in [0.3, 0.4) is 0 Å². The summed E-state index contributed by atoms with van der Waals surface area (Å²) >= 11 is 0. The van der Waals surface area contributed by atoms with Crippen molar-refractivity contribution >= 4 is 0 Å². The normalized spacial score (nSPS) is 32.7. The number of nitrogens with two attached hydrogens (primary N) is 1. The number of benzene rings is 1. The molecule has 2 N–H and O–H groups in total. The summed E-state index contributed by atoms with van der Waals surface area (Å²) in [6.07, 6.45) is 2.75. The van der Waals surface area contributed by atoms with Gasteiger partial charge in [-0.3, -0.25) is 0 Å². The van der Waals surface area contributed by atoms with Crippen LogP contribution in [-0.4, -0.2) is 6.04 Å². The largest absolute Gasteiger partial charge is 0.327 e. The van der Waals surface area contributed by atoms with Crippen LogP contribution in [0.25, 0.3) is 0 Å². The molecule has 2 saturated carbocycles. The van der Waals surface area contributed by atoms with Crippen LogP contribution < -0.4 is 5.73 Å². The predicted molar refractivity (Wildman–Crippen MR) is 62.9 cm³/mol. The predicted octanol–water partition coefficient (Wildman–Crippen LogP) is 3.01. The van der Waals surface area contributed by atoms with Crippen LogP contribution in [-0.2, 0) is 0 Å². The van der Waals surface area contributed by atoms with Gasteiger partial charge in [-0.05, 0) is 35.3 Å². The van der Waals surface area contributed by atoms with Crippen molar-refractivity contribution in [2.24, 2.45) is 11.1 Å². The van der Waals surface area contributed by atoms with Crippen LogP contribution in [0.4, 0.5) is 0 Å². The van der Waals surface area contributed by atoms with Gasteiger partial charge in [-0.2, -0.15) is 0 Å². The highest BCUT2D eigenvalue weighted by molar-refractivity contribution is 5.43. The van der Waals surface area contributed by atoms with Gasteiger partial charge in [0.05, 0.1) is 0 Å². The fourth-order valence-electron chi connectivity index (χ4n) is 2.83. The summed E-state index contributed by atoms with van der Waals surface area (Å²) in [6, 6.07) is 9.26. The monoisotopic (exact) mass is 201 g/mol. The Hall–Kier alpha value is -0.820. The maximum atomic E-state index is 6.17. The Balaban J connectivity index is 1.98. The van der Waals surface area contributed by atoms with Crippen molar-refractivity contribution in [3.8, 4) is 0 Å². The van der Waals surface area contributed by atoms with Crippen LogP contribution in [0.15, 0.2) is 24.3 Å². The molecular weight excluding hydrogens is 182 g/mol. The van der Waals surface area contributed by atoms with Crippen molar-refractivity contribution < 1.29 is 0 Å². The molecule has 2 atom stereocenters. The molecule has 2 fully saturated rings. The molecule has 3 rings (SSSR count). The molecule has 0 aromatic heterocycles. The molecule has 0 spiro atoms. The fraction of sp³-hybridized carbons (Fsp3) is 0.571. The van der Waals surface area contributed by atoms with E-state index in [4.69, 9.17) is 5.73 Å². The topological polar surface area (TPSA) is 26.0 Å². The zero-order valence-corrected chi connectivity index (χ0v) is 9.53. The Labute approximate surface area is 91.7 Å². The van der Waals surface area contributed by atoms with Gasteiger partial charge in [-0.15, -0.1) is 0 Å². The lowest BCUT2D eigenvalue weighted by atomic mass is 9.95. The fourth-order valence-corrected chi connectivity index (χ4v) is 2.83. The van der Waals surface area contributed by atoms with Gasteiger partial charge in [-0.25, -0.2) is 0 Å². The molecule has 0 saturated heterocycles. The first-order valence-electron chi connectivity index (χ1n) is 5.97. The molecule has 1 heteroatoms. The molecular formula is C14H19N. The molecule has 0 heterocycles. The zero-order chi connectivity index (χ0) is 10.6. The Morgan fingerprint density at radius 1 is 1.13 bits per heavy atom. The van der Waals surface area contributed by atoms with Gasteiger partial charge in [-0.1, -0.05) is 38.1 Å². The van der Waals surface area contributed by atoms with Gasteiger partial charge in [0, 0.05) is 12.0 Å². The molecule has 2 aliphatic rings. The number of hydrogen-bond donors (Lipinski definition) is 1. The van der Waals surface area contributed by atoms with Crippen molar-refractivity contribution in [2.75, 3.05) is 0 Å². The van der Waals surface area contributed by atoms with Crippen molar-refractivity contribution in [3.05, 3.63) is 35.4 Å². The van der Waals surface area contributed by atoms with E-state index in [0.717, 1.165) is 5.92 Å². The molecule has 0 radical (unpaired) electrons. The van der Waals surface area contributed by atoms with E-state index >= 15 is 0 Å². The van der Waals surface area contributed by atoms with Crippen LogP contribution in [0.1, 0.15) is 49.7 Å². The second-order valence-electron chi connectivity index (χ2n) is 5.73. The third-order valence-electron chi connectivity index (χ3n) is 4.26. The van der Waals surface area contributed by atoms with E-state index in [1.807, 2.05) is 0 Å². The Morgan fingerprint density at radius 2 is 1.67 bits per heavy atom. The van der Waals surface area contributed by atoms with E-state index in [0.29, 0.717) is 17.4 Å². The van der Waals surface area contributed by atoms with Gasteiger partial charge < -0.3 is 5.73 Å². The molecule has 0 bridgehead atoms. The highest BCUT2D eigenvalue weighted by Crippen LogP contribution is 2.59. The average Bonchev–Trinajstić information content (AvgIpc) is 3.08. The lowest BCUT2D eigenvalue weighted by Gasteiger charge is -2.09. The third-order valence-corrected chi connectivity index (χ3v) is 4.26. The van der Waals surface area contributed by atoms with E-state index in [9.17, 15) is 0 Å². The van der Waals surface area contributed by atoms with Crippen molar-refractivity contribution in [1.29, 1.82) is 0 Å². The van der Waals surface area contributed by atoms with Gasteiger partial charge >= 0.3 is 0 Å². The molecule has 0 amide bonds. The lowest BCUT2D eigenvalue weighted by Crippen LogP contribution is -2.06. The minimum absolute atomic E-state index is 0.311. The second kappa shape index (κ2) is 2.85. The number of hydrogen-bond acceptors (Lipinski definition) is 1. The first-order chi connectivity index (χ1) is 7.12. The minimum atomic E-state index is 0.311. The summed E-state index contributed by atoms with van der Waals surface area (Å²) in [5.74, 6) is 1.43. The molecule has 2 aliphatic carbocycles. The zero-order valence-electron chi connectivity index (χ0n) is 9.53. The van der Waals surface area contributed by atoms with Crippen molar-refractivity contribution in [3.63, 3.8) is 0 Å². The SMILES string of the molecule is CC1(C)[C@H](N)[C@H]1c1ccccc1C1CC1. The number of rotatable bonds is 2. The van der Waals surface area contributed by atoms with Gasteiger partial charge in [0.15, 0.2) is 0 Å².